The first kappa shape index (κ1) is 18.2. The van der Waals surface area contributed by atoms with Gasteiger partial charge in [0.1, 0.15) is 5.69 Å². The zero-order valence-corrected chi connectivity index (χ0v) is 13.0. The molecule has 0 atom stereocenters. The van der Waals surface area contributed by atoms with E-state index in [1.807, 2.05) is 0 Å². The predicted molar refractivity (Wildman–Crippen MR) is 80.4 cm³/mol. The topological polar surface area (TPSA) is 29.1 Å². The fraction of sp³-hybridized carbons (Fsp3) is 0. The first-order valence-corrected chi connectivity index (χ1v) is 6.93. The standard InChI is InChI=1S/C15H6Cl2F5NO/c16-7-3-1-6(5-8(7)17)2-4-9(24)23-15-13(21)11(19)10(18)12(20)14(15)22/h1-5H,(H,23,24)/b4-2-. The summed E-state index contributed by atoms with van der Waals surface area (Å²) >= 11 is 11.5. The van der Waals surface area contributed by atoms with Crippen LogP contribution < -0.4 is 5.32 Å². The maximum Gasteiger partial charge on any atom is 0.248 e. The largest absolute Gasteiger partial charge is 0.317 e. The van der Waals surface area contributed by atoms with Crippen LogP contribution in [0.15, 0.2) is 24.3 Å². The normalized spacial score (nSPS) is 11.1. The van der Waals surface area contributed by atoms with Gasteiger partial charge < -0.3 is 5.32 Å². The first-order chi connectivity index (χ1) is 11.2. The van der Waals surface area contributed by atoms with E-state index < -0.39 is 40.7 Å². The van der Waals surface area contributed by atoms with Gasteiger partial charge in [0.15, 0.2) is 23.3 Å². The summed E-state index contributed by atoms with van der Waals surface area (Å²) in [6, 6.07) is 4.36. The van der Waals surface area contributed by atoms with Gasteiger partial charge in [-0.1, -0.05) is 29.3 Å². The Bertz CT molecular complexity index is 825. The maximum atomic E-state index is 13.4. The molecule has 0 fully saturated rings. The van der Waals surface area contributed by atoms with E-state index in [0.717, 1.165) is 6.08 Å². The second kappa shape index (κ2) is 7.19. The van der Waals surface area contributed by atoms with Crippen molar-refractivity contribution in [3.8, 4) is 0 Å². The van der Waals surface area contributed by atoms with E-state index in [1.54, 1.807) is 5.32 Å². The van der Waals surface area contributed by atoms with Crippen LogP contribution in [-0.2, 0) is 4.79 Å². The summed E-state index contributed by atoms with van der Waals surface area (Å²) in [4.78, 5) is 11.6. The van der Waals surface area contributed by atoms with E-state index >= 15 is 0 Å². The molecule has 0 radical (unpaired) electrons. The molecular formula is C15H6Cl2F5NO. The number of nitrogens with one attached hydrogen (secondary N) is 1. The van der Waals surface area contributed by atoms with Crippen LogP contribution in [0.1, 0.15) is 5.56 Å². The minimum absolute atomic E-state index is 0.207. The Labute approximate surface area is 142 Å². The van der Waals surface area contributed by atoms with Crippen molar-refractivity contribution in [1.82, 2.24) is 0 Å². The molecule has 0 aliphatic heterocycles. The van der Waals surface area contributed by atoms with E-state index in [2.05, 4.69) is 0 Å². The van der Waals surface area contributed by atoms with Crippen LogP contribution in [-0.4, -0.2) is 5.91 Å². The molecule has 9 heteroatoms. The summed E-state index contributed by atoms with van der Waals surface area (Å²) < 4.78 is 65.8. The van der Waals surface area contributed by atoms with Crippen molar-refractivity contribution in [3.63, 3.8) is 0 Å². The summed E-state index contributed by atoms with van der Waals surface area (Å²) in [6.07, 6.45) is 2.04. The lowest BCUT2D eigenvalue weighted by Crippen LogP contribution is -2.14. The molecule has 0 unspecified atom stereocenters. The zero-order chi connectivity index (χ0) is 18.0. The second-order valence-corrected chi connectivity index (χ2v) is 5.26. The Kier molecular flexibility index (Phi) is 5.46. The molecule has 2 nitrogen and oxygen atoms in total. The van der Waals surface area contributed by atoms with Crippen molar-refractivity contribution in [1.29, 1.82) is 0 Å². The monoisotopic (exact) mass is 381 g/mol. The third-order valence-corrected chi connectivity index (χ3v) is 3.57. The zero-order valence-electron chi connectivity index (χ0n) is 11.4. The third-order valence-electron chi connectivity index (χ3n) is 2.83. The molecule has 1 N–H and O–H groups in total. The van der Waals surface area contributed by atoms with Crippen molar-refractivity contribution in [3.05, 3.63) is 69.0 Å². The molecule has 2 rings (SSSR count). The summed E-state index contributed by atoms with van der Waals surface area (Å²) in [7, 11) is 0. The number of halogens is 7. The van der Waals surface area contributed by atoms with E-state index in [-0.39, 0.29) is 10.0 Å². The van der Waals surface area contributed by atoms with Crippen molar-refractivity contribution in [2.75, 3.05) is 5.32 Å². The van der Waals surface area contributed by atoms with Crippen LogP contribution in [0.3, 0.4) is 0 Å². The van der Waals surface area contributed by atoms with E-state index in [0.29, 0.717) is 5.56 Å². The molecule has 0 saturated carbocycles. The summed E-state index contributed by atoms with van der Waals surface area (Å²) in [5.74, 6) is -12.0. The molecule has 0 bridgehead atoms. The lowest BCUT2D eigenvalue weighted by molar-refractivity contribution is -0.111. The van der Waals surface area contributed by atoms with Gasteiger partial charge in [0.2, 0.25) is 11.7 Å². The van der Waals surface area contributed by atoms with Crippen molar-refractivity contribution in [2.45, 2.75) is 0 Å². The highest BCUT2D eigenvalue weighted by atomic mass is 35.5. The first-order valence-electron chi connectivity index (χ1n) is 6.18. The molecule has 2 aromatic rings. The number of carbonyl (C=O) groups excluding carboxylic acids is 1. The van der Waals surface area contributed by atoms with Gasteiger partial charge in [-0.05, 0) is 23.8 Å². The molecule has 24 heavy (non-hydrogen) atoms. The molecule has 0 spiro atoms. The Morgan fingerprint density at radius 3 is 1.96 bits per heavy atom. The Hall–Kier alpha value is -2.12. The Morgan fingerprint density at radius 2 is 1.42 bits per heavy atom. The number of benzene rings is 2. The van der Waals surface area contributed by atoms with Gasteiger partial charge in [0, 0.05) is 6.08 Å². The fourth-order valence-electron chi connectivity index (χ4n) is 1.67. The lowest BCUT2D eigenvalue weighted by Gasteiger charge is -2.08. The van der Waals surface area contributed by atoms with Crippen LogP contribution in [0, 0.1) is 29.1 Å². The molecule has 0 saturated heterocycles. The van der Waals surface area contributed by atoms with Crippen molar-refractivity contribution in [2.24, 2.45) is 0 Å². The van der Waals surface area contributed by atoms with Crippen LogP contribution in [0.4, 0.5) is 27.6 Å². The van der Waals surface area contributed by atoms with E-state index in [1.165, 1.54) is 24.3 Å². The number of carbonyl (C=O) groups is 1. The molecular weight excluding hydrogens is 376 g/mol. The van der Waals surface area contributed by atoms with E-state index in [9.17, 15) is 26.7 Å². The smallest absolute Gasteiger partial charge is 0.248 e. The quantitative estimate of drug-likeness (QED) is 0.330. The molecule has 0 aromatic heterocycles. The average molecular weight is 382 g/mol. The highest BCUT2D eigenvalue weighted by Gasteiger charge is 2.26. The highest BCUT2D eigenvalue weighted by molar-refractivity contribution is 6.42. The van der Waals surface area contributed by atoms with Gasteiger partial charge in [-0.25, -0.2) is 22.0 Å². The summed E-state index contributed by atoms with van der Waals surface area (Å²) in [5.41, 5.74) is -1.01. The van der Waals surface area contributed by atoms with Crippen LogP contribution in [0.5, 0.6) is 0 Å². The fourth-order valence-corrected chi connectivity index (χ4v) is 1.97. The minimum atomic E-state index is -2.31. The maximum absolute atomic E-state index is 13.4. The van der Waals surface area contributed by atoms with Crippen LogP contribution in [0.2, 0.25) is 10.0 Å². The Morgan fingerprint density at radius 1 is 0.875 bits per heavy atom. The Balaban J connectivity index is 2.24. The van der Waals surface area contributed by atoms with Gasteiger partial charge in [0.25, 0.3) is 0 Å². The number of rotatable bonds is 3. The molecule has 0 aliphatic rings. The predicted octanol–water partition coefficient (Wildman–Crippen LogP) is 5.34. The average Bonchev–Trinajstić information content (AvgIpc) is 2.56. The van der Waals surface area contributed by atoms with Crippen molar-refractivity contribution < 1.29 is 26.7 Å². The lowest BCUT2D eigenvalue weighted by atomic mass is 10.2. The second-order valence-electron chi connectivity index (χ2n) is 4.44. The van der Waals surface area contributed by atoms with Gasteiger partial charge in [0.05, 0.1) is 10.0 Å². The SMILES string of the molecule is O=C(/C=C\c1ccc(Cl)c(Cl)c1)Nc1c(F)c(F)c(F)c(F)c1F. The van der Waals surface area contributed by atoms with Gasteiger partial charge in [-0.15, -0.1) is 0 Å². The highest BCUT2D eigenvalue weighted by Crippen LogP contribution is 2.27. The van der Waals surface area contributed by atoms with Crippen LogP contribution in [0.25, 0.3) is 6.08 Å². The number of amides is 1. The number of hydrogen-bond acceptors (Lipinski definition) is 1. The molecule has 0 aliphatic carbocycles. The molecule has 1 amide bonds. The van der Waals surface area contributed by atoms with E-state index in [4.69, 9.17) is 23.2 Å². The minimum Gasteiger partial charge on any atom is -0.317 e. The molecule has 0 heterocycles. The molecule has 126 valence electrons. The van der Waals surface area contributed by atoms with Gasteiger partial charge >= 0.3 is 0 Å². The molecule has 2 aromatic carbocycles. The third kappa shape index (κ3) is 3.68. The number of hydrogen-bond donors (Lipinski definition) is 1. The summed E-state index contributed by atoms with van der Waals surface area (Å²) in [5, 5.41) is 2.09. The van der Waals surface area contributed by atoms with Crippen molar-refractivity contribution >= 4 is 40.9 Å². The summed E-state index contributed by atoms with van der Waals surface area (Å²) in [6.45, 7) is 0. The van der Waals surface area contributed by atoms with Gasteiger partial charge in [-0.2, -0.15) is 0 Å². The number of anilines is 1. The van der Waals surface area contributed by atoms with Crippen LogP contribution >= 0.6 is 23.2 Å². The van der Waals surface area contributed by atoms with Gasteiger partial charge in [-0.3, -0.25) is 4.79 Å².